The van der Waals surface area contributed by atoms with Crippen LogP contribution in [0, 0.1) is 0 Å². The molecule has 3 rings (SSSR count). The zero-order chi connectivity index (χ0) is 20.8. The van der Waals surface area contributed by atoms with E-state index >= 15 is 0 Å². The number of thioether (sulfide) groups is 1. The van der Waals surface area contributed by atoms with E-state index in [4.69, 9.17) is 4.74 Å². The summed E-state index contributed by atoms with van der Waals surface area (Å²) in [5.74, 6) is -4.10. The molecule has 0 aliphatic carbocycles. The number of nitrogens with zero attached hydrogens (tertiary/aromatic N) is 1. The molecule has 1 aromatic heterocycles. The van der Waals surface area contributed by atoms with Crippen molar-refractivity contribution in [3.8, 4) is 0 Å². The van der Waals surface area contributed by atoms with E-state index in [1.54, 1.807) is 0 Å². The molecule has 29 heavy (non-hydrogen) atoms. The Bertz CT molecular complexity index is 1020. The minimum absolute atomic E-state index is 0.104. The highest BCUT2D eigenvalue weighted by Crippen LogP contribution is 2.27. The zero-order valence-electron chi connectivity index (χ0n) is 15.5. The lowest BCUT2D eigenvalue weighted by Crippen LogP contribution is -2.31. The predicted octanol–water partition coefficient (Wildman–Crippen LogP) is 4.58. The molecule has 1 atom stereocenters. The van der Waals surface area contributed by atoms with Gasteiger partial charge in [-0.25, -0.2) is 9.78 Å². The highest BCUT2D eigenvalue weighted by molar-refractivity contribution is 7.99. The molecular weight excluding hydrogens is 398 g/mol. The Morgan fingerprint density at radius 3 is 2.66 bits per heavy atom. The van der Waals surface area contributed by atoms with Gasteiger partial charge in [-0.15, -0.1) is 0 Å². The summed E-state index contributed by atoms with van der Waals surface area (Å²) in [6.45, 7) is 1.31. The molecule has 2 aromatic carbocycles. The van der Waals surface area contributed by atoms with Gasteiger partial charge in [0.05, 0.1) is 11.6 Å². The maximum Gasteiger partial charge on any atom is 0.341 e. The summed E-state index contributed by atoms with van der Waals surface area (Å²) in [4.78, 5) is 28.2. The highest BCUT2D eigenvalue weighted by Gasteiger charge is 2.19. The summed E-state index contributed by atoms with van der Waals surface area (Å²) in [6, 6.07) is 16.1. The molecule has 0 aliphatic rings. The first-order valence-electron chi connectivity index (χ1n) is 8.79. The molecule has 0 fully saturated rings. The SMILES string of the molecule is C[C@H](NC(=O)COC(=O)c1cccnc1SC(F)F)c1cccc2ccccc12. The number of benzene rings is 2. The highest BCUT2D eigenvalue weighted by atomic mass is 32.2. The Morgan fingerprint density at radius 2 is 1.86 bits per heavy atom. The standard InChI is InChI=1S/C21H18F2N2O3S/c1-13(15-9-4-7-14-6-2-3-8-16(14)15)25-18(26)12-28-20(27)17-10-5-11-24-19(17)29-21(22)23/h2-11,13,21H,12H2,1H3,(H,25,26)/t13-/m0/s1. The van der Waals surface area contributed by atoms with Gasteiger partial charge in [0, 0.05) is 6.20 Å². The van der Waals surface area contributed by atoms with E-state index < -0.39 is 24.2 Å². The van der Waals surface area contributed by atoms with Gasteiger partial charge in [-0.1, -0.05) is 42.5 Å². The Kier molecular flexibility index (Phi) is 6.77. The molecule has 0 aliphatic heterocycles. The molecular formula is C21H18F2N2O3S. The van der Waals surface area contributed by atoms with Crippen LogP contribution < -0.4 is 5.32 Å². The smallest absolute Gasteiger partial charge is 0.341 e. The van der Waals surface area contributed by atoms with E-state index in [1.807, 2.05) is 49.4 Å². The van der Waals surface area contributed by atoms with Crippen LogP contribution in [-0.4, -0.2) is 29.2 Å². The van der Waals surface area contributed by atoms with E-state index in [0.29, 0.717) is 0 Å². The summed E-state index contributed by atoms with van der Waals surface area (Å²) >= 11 is 0.151. The summed E-state index contributed by atoms with van der Waals surface area (Å²) in [5.41, 5.74) is 0.832. The number of carbonyl (C=O) groups excluding carboxylic acids is 2. The zero-order valence-corrected chi connectivity index (χ0v) is 16.3. The Hall–Kier alpha value is -3.00. The van der Waals surface area contributed by atoms with Crippen molar-refractivity contribution in [3.05, 3.63) is 71.9 Å². The van der Waals surface area contributed by atoms with Gasteiger partial charge in [0.15, 0.2) is 6.61 Å². The third-order valence-corrected chi connectivity index (χ3v) is 4.92. The number of ether oxygens (including phenoxy) is 1. The molecule has 0 spiro atoms. The van der Waals surface area contributed by atoms with E-state index in [9.17, 15) is 18.4 Å². The number of hydrogen-bond donors (Lipinski definition) is 1. The van der Waals surface area contributed by atoms with Crippen LogP contribution >= 0.6 is 11.8 Å². The van der Waals surface area contributed by atoms with Gasteiger partial charge in [0.1, 0.15) is 5.03 Å². The number of nitrogens with one attached hydrogen (secondary N) is 1. The Balaban J connectivity index is 1.62. The lowest BCUT2D eigenvalue weighted by molar-refractivity contribution is -0.124. The number of aromatic nitrogens is 1. The van der Waals surface area contributed by atoms with Gasteiger partial charge >= 0.3 is 5.97 Å². The maximum atomic E-state index is 12.6. The second-order valence-corrected chi connectivity index (χ2v) is 7.15. The lowest BCUT2D eigenvalue weighted by atomic mass is 10.00. The van der Waals surface area contributed by atoms with Crippen LogP contribution in [-0.2, 0) is 9.53 Å². The van der Waals surface area contributed by atoms with Crippen LogP contribution in [0.15, 0.2) is 65.8 Å². The van der Waals surface area contributed by atoms with Crippen LogP contribution in [0.4, 0.5) is 8.78 Å². The number of esters is 1. The first-order chi connectivity index (χ1) is 14.0. The van der Waals surface area contributed by atoms with E-state index in [1.165, 1.54) is 18.3 Å². The molecule has 0 bridgehead atoms. The number of rotatable bonds is 7. The summed E-state index contributed by atoms with van der Waals surface area (Å²) in [6.07, 6.45) is 1.31. The molecule has 0 saturated heterocycles. The minimum Gasteiger partial charge on any atom is -0.452 e. The van der Waals surface area contributed by atoms with Crippen LogP contribution in [0.3, 0.4) is 0 Å². The second kappa shape index (κ2) is 9.47. The molecule has 150 valence electrons. The monoisotopic (exact) mass is 416 g/mol. The molecule has 5 nitrogen and oxygen atoms in total. The predicted molar refractivity (Wildman–Crippen MR) is 107 cm³/mol. The molecule has 0 unspecified atom stereocenters. The first kappa shape index (κ1) is 20.7. The Labute approximate surface area is 170 Å². The number of hydrogen-bond acceptors (Lipinski definition) is 5. The molecule has 0 saturated carbocycles. The molecule has 3 aromatic rings. The van der Waals surface area contributed by atoms with Crippen LogP contribution in [0.25, 0.3) is 10.8 Å². The molecule has 1 heterocycles. The summed E-state index contributed by atoms with van der Waals surface area (Å²) < 4.78 is 30.2. The fourth-order valence-electron chi connectivity index (χ4n) is 2.92. The van der Waals surface area contributed by atoms with Gasteiger partial charge in [-0.3, -0.25) is 4.79 Å². The number of alkyl halides is 2. The number of amides is 1. The van der Waals surface area contributed by atoms with E-state index in [2.05, 4.69) is 10.3 Å². The van der Waals surface area contributed by atoms with Crippen molar-refractivity contribution in [2.24, 2.45) is 0 Å². The number of fused-ring (bicyclic) bond motifs is 1. The normalized spacial score (nSPS) is 12.0. The fraction of sp³-hybridized carbons (Fsp3) is 0.190. The van der Waals surface area contributed by atoms with Gasteiger partial charge in [0.2, 0.25) is 0 Å². The molecule has 1 amide bonds. The third-order valence-electron chi connectivity index (χ3n) is 4.19. The average Bonchev–Trinajstić information content (AvgIpc) is 2.71. The van der Waals surface area contributed by atoms with Crippen molar-refractivity contribution in [1.82, 2.24) is 10.3 Å². The second-order valence-electron chi connectivity index (χ2n) is 6.17. The summed E-state index contributed by atoms with van der Waals surface area (Å²) in [5, 5.41) is 4.71. The van der Waals surface area contributed by atoms with Crippen molar-refractivity contribution in [1.29, 1.82) is 0 Å². The third kappa shape index (κ3) is 5.29. The average molecular weight is 416 g/mol. The molecule has 8 heteroatoms. The number of pyridine rings is 1. The van der Waals surface area contributed by atoms with Crippen LogP contribution in [0.5, 0.6) is 0 Å². The number of carbonyl (C=O) groups is 2. The Morgan fingerprint density at radius 1 is 1.10 bits per heavy atom. The van der Waals surface area contributed by atoms with Gasteiger partial charge in [-0.05, 0) is 47.2 Å². The minimum atomic E-state index is -2.72. The van der Waals surface area contributed by atoms with Crippen molar-refractivity contribution in [2.45, 2.75) is 23.7 Å². The van der Waals surface area contributed by atoms with Crippen molar-refractivity contribution in [3.63, 3.8) is 0 Å². The van der Waals surface area contributed by atoms with Crippen molar-refractivity contribution < 1.29 is 23.1 Å². The first-order valence-corrected chi connectivity index (χ1v) is 9.67. The lowest BCUT2D eigenvalue weighted by Gasteiger charge is -2.17. The van der Waals surface area contributed by atoms with E-state index in [0.717, 1.165) is 16.3 Å². The maximum absolute atomic E-state index is 12.6. The number of halogens is 2. The largest absolute Gasteiger partial charge is 0.452 e. The van der Waals surface area contributed by atoms with Crippen molar-refractivity contribution >= 4 is 34.4 Å². The van der Waals surface area contributed by atoms with Gasteiger partial charge in [0.25, 0.3) is 11.7 Å². The fourth-order valence-corrected chi connectivity index (χ4v) is 3.49. The van der Waals surface area contributed by atoms with Gasteiger partial charge < -0.3 is 10.1 Å². The van der Waals surface area contributed by atoms with Crippen LogP contribution in [0.1, 0.15) is 28.9 Å². The molecule has 1 N–H and O–H groups in total. The topological polar surface area (TPSA) is 68.3 Å². The molecule has 0 radical (unpaired) electrons. The van der Waals surface area contributed by atoms with Crippen molar-refractivity contribution in [2.75, 3.05) is 6.61 Å². The summed E-state index contributed by atoms with van der Waals surface area (Å²) in [7, 11) is 0. The van der Waals surface area contributed by atoms with Crippen LogP contribution in [0.2, 0.25) is 0 Å². The quantitative estimate of drug-likeness (QED) is 0.451. The van der Waals surface area contributed by atoms with E-state index in [-0.39, 0.29) is 28.4 Å². The van der Waals surface area contributed by atoms with Gasteiger partial charge in [-0.2, -0.15) is 8.78 Å².